The van der Waals surface area contributed by atoms with E-state index >= 15 is 0 Å². The van der Waals surface area contributed by atoms with Gasteiger partial charge in [-0.3, -0.25) is 14.2 Å². The molecule has 142 valence electrons. The van der Waals surface area contributed by atoms with Crippen molar-refractivity contribution in [3.05, 3.63) is 106 Å². The number of carbonyl (C=O) groups excluding carboxylic acids is 1. The van der Waals surface area contributed by atoms with Gasteiger partial charge >= 0.3 is 5.97 Å². The molecule has 1 aromatic heterocycles. The fourth-order valence-corrected chi connectivity index (χ4v) is 3.99. The third-order valence-corrected chi connectivity index (χ3v) is 5.29. The number of esters is 1. The van der Waals surface area contributed by atoms with Crippen LogP contribution in [0.4, 0.5) is 4.39 Å². The summed E-state index contributed by atoms with van der Waals surface area (Å²) in [6.45, 7) is 0. The monoisotopic (exact) mass is 385 g/mol. The number of halogens is 1. The van der Waals surface area contributed by atoms with Crippen LogP contribution in [-0.2, 0) is 4.79 Å². The molecule has 29 heavy (non-hydrogen) atoms. The van der Waals surface area contributed by atoms with Gasteiger partial charge in [0.1, 0.15) is 11.6 Å². The van der Waals surface area contributed by atoms with E-state index in [0.717, 1.165) is 5.69 Å². The molecule has 0 aliphatic carbocycles. The molecule has 5 rings (SSSR count). The molecule has 0 bridgehead atoms. The molecule has 0 saturated carbocycles. The second-order valence-corrected chi connectivity index (χ2v) is 7.02. The molecular formula is C24H16FNO3. The average molecular weight is 385 g/mol. The maximum atomic E-state index is 13.7. The first-order valence-electron chi connectivity index (χ1n) is 9.32. The van der Waals surface area contributed by atoms with Crippen molar-refractivity contribution in [3.8, 4) is 11.4 Å². The molecule has 5 heteroatoms. The SMILES string of the molecule is O=C1CC(c2ccc(F)cc2)c2c(c3ccccc3n(-c3ccccc3)c2=O)O1. The Labute approximate surface area is 165 Å². The van der Waals surface area contributed by atoms with Crippen LogP contribution in [0.3, 0.4) is 0 Å². The number of benzene rings is 3. The van der Waals surface area contributed by atoms with Gasteiger partial charge in [-0.2, -0.15) is 0 Å². The Morgan fingerprint density at radius 1 is 0.862 bits per heavy atom. The third-order valence-electron chi connectivity index (χ3n) is 5.29. The van der Waals surface area contributed by atoms with E-state index in [9.17, 15) is 14.0 Å². The number of ether oxygens (including phenoxy) is 1. The van der Waals surface area contributed by atoms with Crippen molar-refractivity contribution >= 4 is 16.9 Å². The standard InChI is InChI=1S/C24H16FNO3/c25-16-12-10-15(11-13-16)19-14-21(27)29-23-18-8-4-5-9-20(18)26(24(28)22(19)23)17-6-2-1-3-7-17/h1-13,19H,14H2. The van der Waals surface area contributed by atoms with Crippen LogP contribution in [0.25, 0.3) is 16.6 Å². The van der Waals surface area contributed by atoms with Crippen molar-refractivity contribution < 1.29 is 13.9 Å². The zero-order valence-corrected chi connectivity index (χ0v) is 15.3. The highest BCUT2D eigenvalue weighted by molar-refractivity contribution is 5.92. The highest BCUT2D eigenvalue weighted by Gasteiger charge is 2.34. The zero-order chi connectivity index (χ0) is 20.0. The topological polar surface area (TPSA) is 48.3 Å². The van der Waals surface area contributed by atoms with Crippen LogP contribution < -0.4 is 10.3 Å². The van der Waals surface area contributed by atoms with Crippen molar-refractivity contribution in [2.75, 3.05) is 0 Å². The van der Waals surface area contributed by atoms with Gasteiger partial charge in [0.15, 0.2) is 0 Å². The number of pyridine rings is 1. The van der Waals surface area contributed by atoms with Crippen molar-refractivity contribution in [1.82, 2.24) is 4.57 Å². The van der Waals surface area contributed by atoms with Gasteiger partial charge < -0.3 is 4.74 Å². The Bertz CT molecular complexity index is 1290. The van der Waals surface area contributed by atoms with E-state index in [2.05, 4.69) is 0 Å². The van der Waals surface area contributed by atoms with Gasteiger partial charge in [-0.1, -0.05) is 42.5 Å². The summed E-state index contributed by atoms with van der Waals surface area (Å²) in [5.41, 5.74) is 2.27. The fraction of sp³-hybridized carbons (Fsp3) is 0.0833. The molecule has 0 spiro atoms. The maximum Gasteiger partial charge on any atom is 0.312 e. The fourth-order valence-electron chi connectivity index (χ4n) is 3.99. The molecule has 1 atom stereocenters. The van der Waals surface area contributed by atoms with Crippen LogP contribution in [0, 0.1) is 5.82 Å². The van der Waals surface area contributed by atoms with Gasteiger partial charge in [-0.25, -0.2) is 4.39 Å². The molecule has 1 unspecified atom stereocenters. The lowest BCUT2D eigenvalue weighted by Gasteiger charge is -2.27. The predicted octanol–water partition coefficient (Wildman–Crippen LogP) is 4.57. The van der Waals surface area contributed by atoms with E-state index in [1.54, 1.807) is 16.7 Å². The Kier molecular flexibility index (Phi) is 4.02. The normalized spacial score (nSPS) is 15.8. The van der Waals surface area contributed by atoms with E-state index < -0.39 is 11.9 Å². The molecular weight excluding hydrogens is 369 g/mol. The van der Waals surface area contributed by atoms with Gasteiger partial charge in [0, 0.05) is 17.0 Å². The number of para-hydroxylation sites is 2. The number of rotatable bonds is 2. The highest BCUT2D eigenvalue weighted by atomic mass is 19.1. The summed E-state index contributed by atoms with van der Waals surface area (Å²) in [5, 5.41) is 0.686. The van der Waals surface area contributed by atoms with Crippen molar-refractivity contribution in [2.24, 2.45) is 0 Å². The first-order valence-corrected chi connectivity index (χ1v) is 9.32. The van der Waals surface area contributed by atoms with E-state index in [0.29, 0.717) is 27.8 Å². The maximum absolute atomic E-state index is 13.7. The van der Waals surface area contributed by atoms with Crippen molar-refractivity contribution in [2.45, 2.75) is 12.3 Å². The molecule has 0 fully saturated rings. The molecule has 2 heterocycles. The molecule has 0 radical (unpaired) electrons. The molecule has 4 aromatic rings. The number of fused-ring (bicyclic) bond motifs is 3. The summed E-state index contributed by atoms with van der Waals surface area (Å²) in [4.78, 5) is 26.1. The van der Waals surface area contributed by atoms with Gasteiger partial charge in [-0.15, -0.1) is 0 Å². The molecule has 0 N–H and O–H groups in total. The quantitative estimate of drug-likeness (QED) is 0.475. The average Bonchev–Trinajstić information content (AvgIpc) is 2.74. The van der Waals surface area contributed by atoms with Gasteiger partial charge in [0.25, 0.3) is 5.56 Å². The predicted molar refractivity (Wildman–Crippen MR) is 108 cm³/mol. The van der Waals surface area contributed by atoms with Crippen LogP contribution in [0.1, 0.15) is 23.5 Å². The number of aromatic nitrogens is 1. The Balaban J connectivity index is 1.87. The number of hydrogen-bond acceptors (Lipinski definition) is 3. The number of nitrogens with zero attached hydrogens (tertiary/aromatic N) is 1. The minimum atomic E-state index is -0.501. The number of carbonyl (C=O) groups is 1. The summed E-state index contributed by atoms with van der Waals surface area (Å²) in [6.07, 6.45) is 0.0288. The Hall–Kier alpha value is -3.73. The largest absolute Gasteiger partial charge is 0.425 e. The summed E-state index contributed by atoms with van der Waals surface area (Å²) >= 11 is 0. The van der Waals surface area contributed by atoms with E-state index in [1.165, 1.54) is 12.1 Å². The van der Waals surface area contributed by atoms with Crippen molar-refractivity contribution in [1.29, 1.82) is 0 Å². The van der Waals surface area contributed by atoms with E-state index in [1.807, 2.05) is 54.6 Å². The Morgan fingerprint density at radius 2 is 1.55 bits per heavy atom. The first-order chi connectivity index (χ1) is 14.1. The minimum Gasteiger partial charge on any atom is -0.425 e. The van der Waals surface area contributed by atoms with Crippen LogP contribution in [0.5, 0.6) is 5.75 Å². The van der Waals surface area contributed by atoms with Crippen LogP contribution in [-0.4, -0.2) is 10.5 Å². The summed E-state index contributed by atoms with van der Waals surface area (Å²) in [7, 11) is 0. The van der Waals surface area contributed by atoms with E-state index in [-0.39, 0.29) is 17.8 Å². The molecule has 0 saturated heterocycles. The molecule has 0 amide bonds. The van der Waals surface area contributed by atoms with Crippen LogP contribution in [0.2, 0.25) is 0 Å². The summed E-state index contributed by atoms with van der Waals surface area (Å²) < 4.78 is 20.7. The lowest BCUT2D eigenvalue weighted by molar-refractivity contribution is -0.135. The van der Waals surface area contributed by atoms with Crippen molar-refractivity contribution in [3.63, 3.8) is 0 Å². The van der Waals surface area contributed by atoms with Gasteiger partial charge in [0.05, 0.1) is 17.5 Å². The molecule has 1 aliphatic heterocycles. The molecule has 1 aliphatic rings. The zero-order valence-electron chi connectivity index (χ0n) is 15.3. The van der Waals surface area contributed by atoms with Crippen LogP contribution in [0.15, 0.2) is 83.7 Å². The van der Waals surface area contributed by atoms with E-state index in [4.69, 9.17) is 4.74 Å². The number of hydrogen-bond donors (Lipinski definition) is 0. The summed E-state index contributed by atoms with van der Waals surface area (Å²) in [5.74, 6) is -0.983. The second kappa shape index (κ2) is 6.71. The first kappa shape index (κ1) is 17.4. The molecule has 4 nitrogen and oxygen atoms in total. The minimum absolute atomic E-state index is 0.0288. The highest BCUT2D eigenvalue weighted by Crippen LogP contribution is 2.41. The Morgan fingerprint density at radius 3 is 2.31 bits per heavy atom. The van der Waals surface area contributed by atoms with Gasteiger partial charge in [0.2, 0.25) is 0 Å². The van der Waals surface area contributed by atoms with Crippen LogP contribution >= 0.6 is 0 Å². The lowest BCUT2D eigenvalue weighted by Crippen LogP contribution is -2.32. The second-order valence-electron chi connectivity index (χ2n) is 7.02. The smallest absolute Gasteiger partial charge is 0.312 e. The summed E-state index contributed by atoms with van der Waals surface area (Å²) in [6, 6.07) is 22.6. The molecule has 3 aromatic carbocycles. The van der Waals surface area contributed by atoms with Gasteiger partial charge in [-0.05, 0) is 42.0 Å². The third kappa shape index (κ3) is 2.83. The lowest BCUT2D eigenvalue weighted by atomic mass is 9.86.